The highest BCUT2D eigenvalue weighted by Gasteiger charge is 2.15. The lowest BCUT2D eigenvalue weighted by Gasteiger charge is -2.12. The molecule has 1 saturated heterocycles. The van der Waals surface area contributed by atoms with Crippen LogP contribution in [0.2, 0.25) is 0 Å². The van der Waals surface area contributed by atoms with Crippen LogP contribution in [0.4, 0.5) is 5.82 Å². The smallest absolute Gasteiger partial charge is 0.127 e. The number of hydrogen-bond acceptors (Lipinski definition) is 3. The van der Waals surface area contributed by atoms with Crippen molar-refractivity contribution in [2.75, 3.05) is 18.8 Å². The summed E-state index contributed by atoms with van der Waals surface area (Å²) in [5, 5.41) is 4.65. The van der Waals surface area contributed by atoms with Crippen LogP contribution in [0.5, 0.6) is 0 Å². The van der Waals surface area contributed by atoms with Crippen molar-refractivity contribution >= 4 is 5.82 Å². The molecule has 2 aromatic rings. The van der Waals surface area contributed by atoms with Gasteiger partial charge in [-0.15, -0.1) is 0 Å². The molecule has 0 aliphatic carbocycles. The first-order valence-corrected chi connectivity index (χ1v) is 6.87. The molecule has 4 nitrogen and oxygen atoms in total. The third kappa shape index (κ3) is 2.49. The fourth-order valence-corrected chi connectivity index (χ4v) is 2.69. The van der Waals surface area contributed by atoms with E-state index in [1.807, 2.05) is 22.9 Å². The topological polar surface area (TPSA) is 47.1 Å². The van der Waals surface area contributed by atoms with Gasteiger partial charge in [-0.25, -0.2) is 4.68 Å². The number of likely N-dealkylation sites (tertiary alicyclic amines) is 1. The molecular weight excluding hydrogens is 236 g/mol. The molecule has 0 atom stereocenters. The van der Waals surface area contributed by atoms with Gasteiger partial charge in [0.25, 0.3) is 0 Å². The summed E-state index contributed by atoms with van der Waals surface area (Å²) in [7, 11) is 0. The monoisotopic (exact) mass is 256 g/mol. The highest BCUT2D eigenvalue weighted by Crippen LogP contribution is 2.19. The second-order valence-corrected chi connectivity index (χ2v) is 5.24. The van der Waals surface area contributed by atoms with E-state index in [4.69, 9.17) is 5.73 Å². The Kier molecular flexibility index (Phi) is 3.25. The van der Waals surface area contributed by atoms with E-state index in [9.17, 15) is 0 Å². The van der Waals surface area contributed by atoms with Gasteiger partial charge in [-0.1, -0.05) is 18.2 Å². The molecule has 0 bridgehead atoms. The second-order valence-electron chi connectivity index (χ2n) is 5.24. The SMILES string of the molecule is Cc1ccccc1-n1nc(CN2CCCC2)cc1N. The molecule has 2 N–H and O–H groups in total. The maximum atomic E-state index is 6.10. The minimum atomic E-state index is 0.712. The van der Waals surface area contributed by atoms with Gasteiger partial charge in [0, 0.05) is 12.6 Å². The van der Waals surface area contributed by atoms with Gasteiger partial charge in [-0.3, -0.25) is 4.90 Å². The number of anilines is 1. The van der Waals surface area contributed by atoms with E-state index < -0.39 is 0 Å². The van der Waals surface area contributed by atoms with Gasteiger partial charge in [0.1, 0.15) is 5.82 Å². The molecule has 1 aliphatic rings. The first-order valence-electron chi connectivity index (χ1n) is 6.87. The van der Waals surface area contributed by atoms with Crippen molar-refractivity contribution in [1.29, 1.82) is 0 Å². The Morgan fingerprint density at radius 2 is 1.95 bits per heavy atom. The summed E-state index contributed by atoms with van der Waals surface area (Å²) in [4.78, 5) is 2.43. The quantitative estimate of drug-likeness (QED) is 0.917. The number of aryl methyl sites for hydroxylation is 1. The van der Waals surface area contributed by atoms with Gasteiger partial charge < -0.3 is 5.73 Å². The molecule has 3 rings (SSSR count). The Morgan fingerprint density at radius 3 is 2.68 bits per heavy atom. The lowest BCUT2D eigenvalue weighted by molar-refractivity contribution is 0.326. The van der Waals surface area contributed by atoms with Crippen LogP contribution in [0.1, 0.15) is 24.1 Å². The molecule has 0 amide bonds. The molecular formula is C15H20N4. The van der Waals surface area contributed by atoms with Crippen LogP contribution < -0.4 is 5.73 Å². The van der Waals surface area contributed by atoms with Crippen molar-refractivity contribution < 1.29 is 0 Å². The predicted molar refractivity (Wildman–Crippen MR) is 77.2 cm³/mol. The Balaban J connectivity index is 1.87. The van der Waals surface area contributed by atoms with E-state index in [2.05, 4.69) is 29.1 Å². The number of rotatable bonds is 3. The Bertz CT molecular complexity index is 567. The van der Waals surface area contributed by atoms with E-state index >= 15 is 0 Å². The van der Waals surface area contributed by atoms with Crippen LogP contribution in [0, 0.1) is 6.92 Å². The fraction of sp³-hybridized carbons (Fsp3) is 0.400. The number of aromatic nitrogens is 2. The molecule has 0 unspecified atom stereocenters. The van der Waals surface area contributed by atoms with E-state index in [0.29, 0.717) is 5.82 Å². The average molecular weight is 256 g/mol. The Hall–Kier alpha value is -1.81. The van der Waals surface area contributed by atoms with Crippen molar-refractivity contribution in [1.82, 2.24) is 14.7 Å². The maximum Gasteiger partial charge on any atom is 0.127 e. The standard InChI is InChI=1S/C15H20N4/c1-12-6-2-3-7-14(12)19-15(16)10-13(17-19)11-18-8-4-5-9-18/h2-3,6-7,10H,4-5,8-9,11,16H2,1H3. The summed E-state index contributed by atoms with van der Waals surface area (Å²) in [5.74, 6) is 0.712. The van der Waals surface area contributed by atoms with E-state index in [-0.39, 0.29) is 0 Å². The summed E-state index contributed by atoms with van der Waals surface area (Å²) in [5.41, 5.74) is 9.40. The number of benzene rings is 1. The number of hydrogen-bond donors (Lipinski definition) is 1. The molecule has 19 heavy (non-hydrogen) atoms. The first-order chi connectivity index (χ1) is 9.24. The molecule has 1 aliphatic heterocycles. The lowest BCUT2D eigenvalue weighted by Crippen LogP contribution is -2.18. The zero-order valence-corrected chi connectivity index (χ0v) is 11.3. The van der Waals surface area contributed by atoms with Crippen molar-refractivity contribution in [3.63, 3.8) is 0 Å². The maximum absolute atomic E-state index is 6.10. The first kappa shape index (κ1) is 12.2. The predicted octanol–water partition coefficient (Wildman–Crippen LogP) is 2.36. The fourth-order valence-electron chi connectivity index (χ4n) is 2.69. The number of nitrogens with two attached hydrogens (primary N) is 1. The molecule has 2 heterocycles. The van der Waals surface area contributed by atoms with Crippen molar-refractivity contribution in [2.45, 2.75) is 26.3 Å². The number of para-hydroxylation sites is 1. The van der Waals surface area contributed by atoms with Crippen LogP contribution in [0.25, 0.3) is 5.69 Å². The zero-order chi connectivity index (χ0) is 13.2. The van der Waals surface area contributed by atoms with E-state index in [1.165, 1.54) is 31.5 Å². The molecule has 1 aromatic carbocycles. The third-order valence-corrected chi connectivity index (χ3v) is 3.72. The Morgan fingerprint density at radius 1 is 1.21 bits per heavy atom. The number of nitrogen functional groups attached to an aromatic ring is 1. The van der Waals surface area contributed by atoms with E-state index in [1.54, 1.807) is 0 Å². The lowest BCUT2D eigenvalue weighted by atomic mass is 10.2. The Labute approximate surface area is 113 Å². The van der Waals surface area contributed by atoms with Crippen LogP contribution in [0.3, 0.4) is 0 Å². The van der Waals surface area contributed by atoms with Crippen LogP contribution in [0.15, 0.2) is 30.3 Å². The van der Waals surface area contributed by atoms with Crippen molar-refractivity contribution in [3.05, 3.63) is 41.6 Å². The van der Waals surface area contributed by atoms with E-state index in [0.717, 1.165) is 17.9 Å². The minimum Gasteiger partial charge on any atom is -0.384 e. The minimum absolute atomic E-state index is 0.712. The molecule has 0 saturated carbocycles. The second kappa shape index (κ2) is 5.05. The van der Waals surface area contributed by atoms with Crippen LogP contribution in [-0.2, 0) is 6.54 Å². The molecule has 1 aromatic heterocycles. The molecule has 0 radical (unpaired) electrons. The van der Waals surface area contributed by atoms with Gasteiger partial charge in [0.05, 0.1) is 11.4 Å². The zero-order valence-electron chi connectivity index (χ0n) is 11.3. The van der Waals surface area contributed by atoms with Crippen LogP contribution >= 0.6 is 0 Å². The van der Waals surface area contributed by atoms with Gasteiger partial charge >= 0.3 is 0 Å². The van der Waals surface area contributed by atoms with Crippen molar-refractivity contribution in [3.8, 4) is 5.69 Å². The van der Waals surface area contributed by atoms with Crippen molar-refractivity contribution in [2.24, 2.45) is 0 Å². The molecule has 4 heteroatoms. The summed E-state index contributed by atoms with van der Waals surface area (Å²) in [6.45, 7) is 5.34. The van der Waals surface area contributed by atoms with Gasteiger partial charge in [-0.05, 0) is 44.5 Å². The molecule has 1 fully saturated rings. The normalized spacial score (nSPS) is 16.1. The summed E-state index contributed by atoms with van der Waals surface area (Å²) in [6.07, 6.45) is 2.60. The highest BCUT2D eigenvalue weighted by atomic mass is 15.3. The highest BCUT2D eigenvalue weighted by molar-refractivity contribution is 5.47. The van der Waals surface area contributed by atoms with Gasteiger partial charge in [0.2, 0.25) is 0 Å². The van der Waals surface area contributed by atoms with Crippen LogP contribution in [-0.4, -0.2) is 27.8 Å². The summed E-state index contributed by atoms with van der Waals surface area (Å²) < 4.78 is 1.85. The summed E-state index contributed by atoms with van der Waals surface area (Å²) >= 11 is 0. The molecule has 0 spiro atoms. The number of nitrogens with zero attached hydrogens (tertiary/aromatic N) is 3. The van der Waals surface area contributed by atoms with Gasteiger partial charge in [0.15, 0.2) is 0 Å². The average Bonchev–Trinajstić information content (AvgIpc) is 3.01. The van der Waals surface area contributed by atoms with Gasteiger partial charge in [-0.2, -0.15) is 5.10 Å². The third-order valence-electron chi connectivity index (χ3n) is 3.72. The summed E-state index contributed by atoms with van der Waals surface area (Å²) in [6, 6.07) is 10.2. The molecule has 100 valence electrons. The largest absolute Gasteiger partial charge is 0.384 e.